The summed E-state index contributed by atoms with van der Waals surface area (Å²) in [7, 11) is 0. The third-order valence-electron chi connectivity index (χ3n) is 7.39. The first-order valence-electron chi connectivity index (χ1n) is 10.6. The maximum Gasteiger partial charge on any atom is -0.0205 e. The molecule has 0 saturated heterocycles. The lowest BCUT2D eigenvalue weighted by Crippen LogP contribution is -2.28. The first-order valence-corrected chi connectivity index (χ1v) is 10.6. The molecule has 0 bridgehead atoms. The van der Waals surface area contributed by atoms with Crippen LogP contribution in [0.2, 0.25) is 0 Å². The van der Waals surface area contributed by atoms with Crippen LogP contribution in [0.15, 0.2) is 24.8 Å². The topological polar surface area (TPSA) is 0 Å². The fraction of sp³-hybridized carbons (Fsp3) is 0.826. The monoisotopic (exact) mass is 314 g/mol. The van der Waals surface area contributed by atoms with Crippen molar-refractivity contribution in [3.05, 3.63) is 24.8 Å². The maximum absolute atomic E-state index is 3.86. The molecule has 2 atom stereocenters. The van der Waals surface area contributed by atoms with Crippen LogP contribution < -0.4 is 0 Å². The lowest BCUT2D eigenvalue weighted by atomic mass is 9.66. The van der Waals surface area contributed by atoms with E-state index in [9.17, 15) is 0 Å². The van der Waals surface area contributed by atoms with E-state index in [1.807, 2.05) is 0 Å². The molecule has 0 aromatic rings. The Labute approximate surface area is 144 Å². The molecule has 0 N–H and O–H groups in total. The predicted molar refractivity (Wildman–Crippen MR) is 101 cm³/mol. The minimum atomic E-state index is 0.838. The van der Waals surface area contributed by atoms with Gasteiger partial charge in [-0.05, 0) is 99.7 Å². The zero-order valence-corrected chi connectivity index (χ0v) is 15.4. The van der Waals surface area contributed by atoms with Crippen molar-refractivity contribution in [2.75, 3.05) is 0 Å². The van der Waals surface area contributed by atoms with Crippen molar-refractivity contribution in [1.29, 1.82) is 0 Å². The molecule has 3 aliphatic rings. The van der Waals surface area contributed by atoms with Crippen molar-refractivity contribution in [2.45, 2.75) is 84.0 Å². The molecule has 0 heteroatoms. The molecule has 0 aromatic heterocycles. The summed E-state index contributed by atoms with van der Waals surface area (Å²) in [6.45, 7) is 6.31. The van der Waals surface area contributed by atoms with Crippen molar-refractivity contribution in [3.8, 4) is 0 Å². The van der Waals surface area contributed by atoms with E-state index in [4.69, 9.17) is 0 Å². The van der Waals surface area contributed by atoms with E-state index >= 15 is 0 Å². The van der Waals surface area contributed by atoms with Crippen LogP contribution in [0.5, 0.6) is 0 Å². The van der Waals surface area contributed by atoms with Crippen LogP contribution in [0.3, 0.4) is 0 Å². The Hall–Kier alpha value is -0.520. The fourth-order valence-electron chi connectivity index (χ4n) is 5.67. The molecule has 2 unspecified atom stereocenters. The highest BCUT2D eigenvalue weighted by Gasteiger charge is 2.32. The highest BCUT2D eigenvalue weighted by atomic mass is 14.4. The van der Waals surface area contributed by atoms with Gasteiger partial charge in [0, 0.05) is 0 Å². The van der Waals surface area contributed by atoms with Crippen molar-refractivity contribution < 1.29 is 0 Å². The molecule has 2 saturated carbocycles. The molecule has 3 rings (SSSR count). The van der Waals surface area contributed by atoms with Crippen LogP contribution in [0.1, 0.15) is 84.0 Å². The third-order valence-corrected chi connectivity index (χ3v) is 7.39. The second-order valence-corrected chi connectivity index (χ2v) is 8.95. The lowest BCUT2D eigenvalue weighted by molar-refractivity contribution is 0.132. The second kappa shape index (κ2) is 8.54. The van der Waals surface area contributed by atoms with E-state index in [1.54, 1.807) is 0 Å². The summed E-state index contributed by atoms with van der Waals surface area (Å²) in [6, 6.07) is 0. The van der Waals surface area contributed by atoms with Gasteiger partial charge in [0.15, 0.2) is 0 Å². The Morgan fingerprint density at radius 1 is 0.783 bits per heavy atom. The van der Waals surface area contributed by atoms with Crippen molar-refractivity contribution >= 4 is 0 Å². The second-order valence-electron chi connectivity index (χ2n) is 8.95. The van der Waals surface area contributed by atoms with Gasteiger partial charge >= 0.3 is 0 Å². The van der Waals surface area contributed by atoms with E-state index in [1.165, 1.54) is 77.0 Å². The van der Waals surface area contributed by atoms with E-state index in [-0.39, 0.29) is 0 Å². The van der Waals surface area contributed by atoms with Crippen LogP contribution in [-0.2, 0) is 0 Å². The molecule has 0 heterocycles. The summed E-state index contributed by atoms with van der Waals surface area (Å²) in [5.41, 5.74) is 0. The van der Waals surface area contributed by atoms with Gasteiger partial charge in [0.25, 0.3) is 0 Å². The Kier molecular flexibility index (Phi) is 6.43. The standard InChI is InChI=1S/C23H38/c1-3-4-5-19-8-12-21(13-9-19)23-16-14-22(15-17-23)20-10-6-18(2)7-11-20/h3,8,12,18-23H,1,4-7,9-11,13-17H2,2H3. The van der Waals surface area contributed by atoms with Gasteiger partial charge in [0.05, 0.1) is 0 Å². The molecule has 23 heavy (non-hydrogen) atoms. The van der Waals surface area contributed by atoms with Crippen LogP contribution in [0, 0.1) is 35.5 Å². The number of allylic oxidation sites excluding steroid dienone is 3. The molecular formula is C23H38. The van der Waals surface area contributed by atoms with E-state index in [0.29, 0.717) is 0 Å². The first kappa shape index (κ1) is 17.3. The fourth-order valence-corrected chi connectivity index (χ4v) is 5.67. The molecule has 0 amide bonds. The van der Waals surface area contributed by atoms with Gasteiger partial charge in [0.1, 0.15) is 0 Å². The van der Waals surface area contributed by atoms with Crippen LogP contribution in [0.25, 0.3) is 0 Å². The van der Waals surface area contributed by atoms with Gasteiger partial charge in [-0.25, -0.2) is 0 Å². The predicted octanol–water partition coefficient (Wildman–Crippen LogP) is 7.17. The van der Waals surface area contributed by atoms with Crippen LogP contribution in [0.4, 0.5) is 0 Å². The quantitative estimate of drug-likeness (QED) is 0.472. The summed E-state index contributed by atoms with van der Waals surface area (Å²) in [6.07, 6.45) is 24.8. The van der Waals surface area contributed by atoms with Gasteiger partial charge in [-0.15, -0.1) is 6.58 Å². The number of hydrogen-bond acceptors (Lipinski definition) is 0. The molecule has 2 fully saturated rings. The minimum Gasteiger partial charge on any atom is -0.103 e. The van der Waals surface area contributed by atoms with Gasteiger partial charge in [0.2, 0.25) is 0 Å². The summed E-state index contributed by atoms with van der Waals surface area (Å²) in [5.74, 6) is 5.91. The molecule has 130 valence electrons. The van der Waals surface area contributed by atoms with Crippen molar-refractivity contribution in [1.82, 2.24) is 0 Å². The zero-order chi connectivity index (χ0) is 16.1. The molecule has 0 spiro atoms. The molecule has 0 radical (unpaired) electrons. The SMILES string of the molecule is C=CCCC1C=CC(C2CCC(C3CCC(C)CC3)CC2)CC1. The van der Waals surface area contributed by atoms with Gasteiger partial charge in [-0.1, -0.05) is 38.0 Å². The molecule has 0 aromatic carbocycles. The van der Waals surface area contributed by atoms with Gasteiger partial charge < -0.3 is 0 Å². The third kappa shape index (κ3) is 4.74. The van der Waals surface area contributed by atoms with E-state index < -0.39 is 0 Å². The Bertz CT molecular complexity index is 377. The molecule has 0 nitrogen and oxygen atoms in total. The lowest BCUT2D eigenvalue weighted by Gasteiger charge is -2.39. The zero-order valence-electron chi connectivity index (χ0n) is 15.4. The minimum absolute atomic E-state index is 0.838. The first-order chi connectivity index (χ1) is 11.3. The normalized spacial score (nSPS) is 41.6. The van der Waals surface area contributed by atoms with Gasteiger partial charge in [-0.3, -0.25) is 0 Å². The van der Waals surface area contributed by atoms with Crippen LogP contribution >= 0.6 is 0 Å². The number of hydrogen-bond donors (Lipinski definition) is 0. The van der Waals surface area contributed by atoms with Crippen LogP contribution in [-0.4, -0.2) is 0 Å². The summed E-state index contributed by atoms with van der Waals surface area (Å²) in [4.78, 5) is 0. The largest absolute Gasteiger partial charge is 0.103 e. The Balaban J connectivity index is 1.42. The molecule has 3 aliphatic carbocycles. The summed E-state index contributed by atoms with van der Waals surface area (Å²) < 4.78 is 0. The number of rotatable bonds is 5. The summed E-state index contributed by atoms with van der Waals surface area (Å²) >= 11 is 0. The van der Waals surface area contributed by atoms with Crippen molar-refractivity contribution in [3.63, 3.8) is 0 Å². The van der Waals surface area contributed by atoms with Gasteiger partial charge in [-0.2, -0.15) is 0 Å². The van der Waals surface area contributed by atoms with Crippen molar-refractivity contribution in [2.24, 2.45) is 35.5 Å². The smallest absolute Gasteiger partial charge is 0.0205 e. The Morgan fingerprint density at radius 2 is 1.39 bits per heavy atom. The summed E-state index contributed by atoms with van der Waals surface area (Å²) in [5, 5.41) is 0. The molecular weight excluding hydrogens is 276 g/mol. The Morgan fingerprint density at radius 3 is 1.96 bits per heavy atom. The van der Waals surface area contributed by atoms with E-state index in [0.717, 1.165) is 35.5 Å². The average molecular weight is 315 g/mol. The highest BCUT2D eigenvalue weighted by molar-refractivity contribution is 5.01. The molecule has 0 aliphatic heterocycles. The average Bonchev–Trinajstić information content (AvgIpc) is 2.61. The highest BCUT2D eigenvalue weighted by Crippen LogP contribution is 2.44. The van der Waals surface area contributed by atoms with E-state index in [2.05, 4.69) is 31.7 Å². The maximum atomic E-state index is 3.86.